The lowest BCUT2D eigenvalue weighted by molar-refractivity contribution is 0.103. The summed E-state index contributed by atoms with van der Waals surface area (Å²) >= 11 is 0. The second-order valence-corrected chi connectivity index (χ2v) is 9.35. The lowest BCUT2D eigenvalue weighted by atomic mass is 10.0. The third-order valence-corrected chi connectivity index (χ3v) is 6.00. The Bertz CT molecular complexity index is 1250. The van der Waals surface area contributed by atoms with Crippen LogP contribution in [0.25, 0.3) is 0 Å². The van der Waals surface area contributed by atoms with E-state index in [9.17, 15) is 9.59 Å². The highest BCUT2D eigenvalue weighted by atomic mass is 16.1. The molecule has 0 aliphatic rings. The Morgan fingerprint density at radius 2 is 0.865 bits per heavy atom. The fourth-order valence-corrected chi connectivity index (χ4v) is 3.82. The predicted molar refractivity (Wildman–Crippen MR) is 152 cm³/mol. The van der Waals surface area contributed by atoms with E-state index in [0.717, 1.165) is 41.9 Å². The van der Waals surface area contributed by atoms with Gasteiger partial charge in [0.25, 0.3) is 0 Å². The van der Waals surface area contributed by atoms with Crippen molar-refractivity contribution in [1.29, 1.82) is 0 Å². The molecule has 0 radical (unpaired) electrons. The van der Waals surface area contributed by atoms with Crippen LogP contribution in [0.15, 0.2) is 109 Å². The first-order valence-corrected chi connectivity index (χ1v) is 12.6. The molecule has 0 amide bonds. The minimum Gasteiger partial charge on any atom is -0.305 e. The Hall–Kier alpha value is -3.86. The maximum Gasteiger partial charge on any atom is 0.193 e. The van der Waals surface area contributed by atoms with Gasteiger partial charge in [0, 0.05) is 35.3 Å². The molecule has 0 aliphatic carbocycles. The quantitative estimate of drug-likeness (QED) is 0.255. The normalized spacial score (nSPS) is 10.6. The number of hydrogen-bond acceptors (Lipinski definition) is 4. The van der Waals surface area contributed by atoms with Crippen molar-refractivity contribution < 1.29 is 9.59 Å². The standard InChI is InChI=1S/C17H19NO.C16H17NO/c1-3-18(2)13-14-9-11-16(12-10-14)17(19)15-7-5-4-6-8-15;1-17(2)12-13-8-10-15(11-9-13)16(18)14-6-4-3-5-7-14/h4-12H,3,13H2,1-2H3;3-11H,12H2,1-2H3. The fraction of sp³-hybridized carbons (Fsp3) is 0.212. The molecule has 0 heterocycles. The van der Waals surface area contributed by atoms with Crippen LogP contribution < -0.4 is 0 Å². The summed E-state index contributed by atoms with van der Waals surface area (Å²) in [7, 11) is 6.15. The minimum atomic E-state index is 0.0759. The number of nitrogens with zero attached hydrogens (tertiary/aromatic N) is 2. The van der Waals surface area contributed by atoms with E-state index in [4.69, 9.17) is 0 Å². The van der Waals surface area contributed by atoms with Gasteiger partial charge < -0.3 is 9.80 Å². The molecule has 0 spiro atoms. The Morgan fingerprint density at radius 1 is 0.514 bits per heavy atom. The van der Waals surface area contributed by atoms with Gasteiger partial charge in [-0.1, -0.05) is 116 Å². The summed E-state index contributed by atoms with van der Waals surface area (Å²) in [6.07, 6.45) is 0. The van der Waals surface area contributed by atoms with Crippen molar-refractivity contribution in [2.75, 3.05) is 27.7 Å². The molecule has 0 saturated heterocycles. The van der Waals surface area contributed by atoms with Gasteiger partial charge in [0.1, 0.15) is 0 Å². The highest BCUT2D eigenvalue weighted by molar-refractivity contribution is 6.09. The van der Waals surface area contributed by atoms with Gasteiger partial charge in [0.2, 0.25) is 0 Å². The lowest BCUT2D eigenvalue weighted by Gasteiger charge is -2.13. The maximum absolute atomic E-state index is 12.2. The average Bonchev–Trinajstić information content (AvgIpc) is 2.94. The van der Waals surface area contributed by atoms with E-state index in [1.165, 1.54) is 11.1 Å². The van der Waals surface area contributed by atoms with Crippen LogP contribution in [0.5, 0.6) is 0 Å². The molecule has 0 saturated carbocycles. The number of benzene rings is 4. The van der Waals surface area contributed by atoms with E-state index in [-0.39, 0.29) is 11.6 Å². The maximum atomic E-state index is 12.2. The molecule has 0 aromatic heterocycles. The molecule has 0 aliphatic heterocycles. The van der Waals surface area contributed by atoms with Crippen LogP contribution in [0.4, 0.5) is 0 Å². The Labute approximate surface area is 221 Å². The van der Waals surface area contributed by atoms with Crippen LogP contribution in [0.1, 0.15) is 49.9 Å². The van der Waals surface area contributed by atoms with Gasteiger partial charge in [0.05, 0.1) is 0 Å². The monoisotopic (exact) mass is 492 g/mol. The number of hydrogen-bond donors (Lipinski definition) is 0. The molecule has 0 N–H and O–H groups in total. The summed E-state index contributed by atoms with van der Waals surface area (Å²) in [5.41, 5.74) is 5.40. The van der Waals surface area contributed by atoms with Crippen molar-refractivity contribution in [1.82, 2.24) is 9.80 Å². The highest BCUT2D eigenvalue weighted by Gasteiger charge is 2.09. The van der Waals surface area contributed by atoms with Gasteiger partial charge in [-0.05, 0) is 38.8 Å². The van der Waals surface area contributed by atoms with Crippen molar-refractivity contribution in [2.24, 2.45) is 0 Å². The van der Waals surface area contributed by atoms with Crippen molar-refractivity contribution in [3.05, 3.63) is 143 Å². The molecule has 4 aromatic carbocycles. The number of carbonyl (C=O) groups is 2. The molecule has 190 valence electrons. The molecule has 4 aromatic rings. The smallest absolute Gasteiger partial charge is 0.193 e. The zero-order valence-corrected chi connectivity index (χ0v) is 22.2. The molecular weight excluding hydrogens is 456 g/mol. The average molecular weight is 493 g/mol. The van der Waals surface area contributed by atoms with Crippen LogP contribution in [0.2, 0.25) is 0 Å². The summed E-state index contributed by atoms with van der Waals surface area (Å²) in [6.45, 7) is 4.95. The molecule has 4 nitrogen and oxygen atoms in total. The highest BCUT2D eigenvalue weighted by Crippen LogP contribution is 2.13. The van der Waals surface area contributed by atoms with Crippen LogP contribution >= 0.6 is 0 Å². The molecule has 0 bridgehead atoms. The predicted octanol–water partition coefficient (Wildman–Crippen LogP) is 6.35. The van der Waals surface area contributed by atoms with Gasteiger partial charge >= 0.3 is 0 Å². The summed E-state index contributed by atoms with van der Waals surface area (Å²) in [5, 5.41) is 0. The van der Waals surface area contributed by atoms with E-state index in [1.807, 2.05) is 123 Å². The van der Waals surface area contributed by atoms with Crippen molar-refractivity contribution in [3.8, 4) is 0 Å². The molecule has 0 fully saturated rings. The summed E-state index contributed by atoms with van der Waals surface area (Å²) in [6, 6.07) is 34.4. The second kappa shape index (κ2) is 14.0. The molecule has 4 heteroatoms. The van der Waals surface area contributed by atoms with Gasteiger partial charge in [-0.15, -0.1) is 0 Å². The Morgan fingerprint density at radius 3 is 1.22 bits per heavy atom. The number of carbonyl (C=O) groups excluding carboxylic acids is 2. The molecular formula is C33H36N2O2. The zero-order valence-electron chi connectivity index (χ0n) is 22.2. The first-order chi connectivity index (χ1) is 17.9. The minimum absolute atomic E-state index is 0.0759. The van der Waals surface area contributed by atoms with E-state index in [1.54, 1.807) is 0 Å². The van der Waals surface area contributed by atoms with Crippen LogP contribution in [-0.2, 0) is 13.1 Å². The number of rotatable bonds is 9. The lowest BCUT2D eigenvalue weighted by Crippen LogP contribution is -2.16. The van der Waals surface area contributed by atoms with E-state index >= 15 is 0 Å². The van der Waals surface area contributed by atoms with E-state index in [2.05, 4.69) is 23.8 Å². The topological polar surface area (TPSA) is 40.6 Å². The third kappa shape index (κ3) is 8.64. The van der Waals surface area contributed by atoms with Gasteiger partial charge in [-0.3, -0.25) is 9.59 Å². The summed E-state index contributed by atoms with van der Waals surface area (Å²) in [4.78, 5) is 28.7. The second-order valence-electron chi connectivity index (χ2n) is 9.35. The van der Waals surface area contributed by atoms with Crippen LogP contribution in [0.3, 0.4) is 0 Å². The van der Waals surface area contributed by atoms with Crippen molar-refractivity contribution in [3.63, 3.8) is 0 Å². The SMILES string of the molecule is CCN(C)Cc1ccc(C(=O)c2ccccc2)cc1.CN(C)Cc1ccc(C(=O)c2ccccc2)cc1. The Balaban J connectivity index is 0.000000206. The Kier molecular flexibility index (Phi) is 10.5. The molecule has 0 unspecified atom stereocenters. The van der Waals surface area contributed by atoms with E-state index in [0.29, 0.717) is 0 Å². The first-order valence-electron chi connectivity index (χ1n) is 12.6. The summed E-state index contributed by atoms with van der Waals surface area (Å²) < 4.78 is 0. The van der Waals surface area contributed by atoms with Gasteiger partial charge in [-0.2, -0.15) is 0 Å². The number of ketones is 2. The third-order valence-electron chi connectivity index (χ3n) is 6.00. The van der Waals surface area contributed by atoms with Gasteiger partial charge in [0.15, 0.2) is 11.6 Å². The van der Waals surface area contributed by atoms with Crippen molar-refractivity contribution >= 4 is 11.6 Å². The summed E-state index contributed by atoms with van der Waals surface area (Å²) in [5.74, 6) is 0.156. The molecule has 37 heavy (non-hydrogen) atoms. The van der Waals surface area contributed by atoms with Crippen LogP contribution in [0, 0.1) is 0 Å². The largest absolute Gasteiger partial charge is 0.305 e. The van der Waals surface area contributed by atoms with Crippen molar-refractivity contribution in [2.45, 2.75) is 20.0 Å². The van der Waals surface area contributed by atoms with Gasteiger partial charge in [-0.25, -0.2) is 0 Å². The first kappa shape index (κ1) is 27.7. The molecule has 0 atom stereocenters. The zero-order chi connectivity index (χ0) is 26.6. The fourth-order valence-electron chi connectivity index (χ4n) is 3.82. The molecule has 4 rings (SSSR count). The van der Waals surface area contributed by atoms with Crippen LogP contribution in [-0.4, -0.2) is 49.1 Å². The van der Waals surface area contributed by atoms with E-state index < -0.39 is 0 Å².